The normalized spacial score (nSPS) is 10.9. The highest BCUT2D eigenvalue weighted by molar-refractivity contribution is 14.1. The molecule has 1 aromatic heterocycles. The molecule has 5 heteroatoms. The summed E-state index contributed by atoms with van der Waals surface area (Å²) in [4.78, 5) is 0. The number of benzene rings is 1. The number of anilines is 1. The van der Waals surface area contributed by atoms with Crippen molar-refractivity contribution in [3.8, 4) is 0 Å². The molecule has 2 rings (SSSR count). The maximum Gasteiger partial charge on any atom is 0.196 e. The molecule has 1 aromatic carbocycles. The number of hydrogen-bond acceptors (Lipinski definition) is 3. The minimum atomic E-state index is 0.846. The third-order valence-corrected chi connectivity index (χ3v) is 3.85. The van der Waals surface area contributed by atoms with Crippen LogP contribution in [0.15, 0.2) is 59.0 Å². The molecule has 0 fully saturated rings. The van der Waals surface area contributed by atoms with Crippen LogP contribution >= 0.6 is 22.9 Å². The van der Waals surface area contributed by atoms with Gasteiger partial charge in [0.15, 0.2) is 12.4 Å². The van der Waals surface area contributed by atoms with Crippen LogP contribution in [0, 0.1) is 0 Å². The van der Waals surface area contributed by atoms with E-state index in [0.29, 0.717) is 0 Å². The van der Waals surface area contributed by atoms with E-state index in [1.807, 2.05) is 48.3 Å². The van der Waals surface area contributed by atoms with Gasteiger partial charge in [0.2, 0.25) is 0 Å². The third-order valence-electron chi connectivity index (χ3n) is 2.61. The number of hydrogen-bond donors (Lipinski definition) is 0. The Morgan fingerprint density at radius 3 is 2.42 bits per heavy atom. The summed E-state index contributed by atoms with van der Waals surface area (Å²) < 4.78 is 4.10. The Bertz CT molecular complexity index is 566. The molecule has 0 unspecified atom stereocenters. The second-order valence-electron chi connectivity index (χ2n) is 4.12. The molecule has 0 aliphatic rings. The van der Waals surface area contributed by atoms with E-state index in [1.54, 1.807) is 0 Å². The number of aromatic nitrogens is 1. The number of azo groups is 1. The summed E-state index contributed by atoms with van der Waals surface area (Å²) in [5.41, 5.74) is 2.88. The van der Waals surface area contributed by atoms with Crippen LogP contribution in [0.2, 0.25) is 0 Å². The second-order valence-corrected chi connectivity index (χ2v) is 5.29. The lowest BCUT2D eigenvalue weighted by atomic mass is 10.3. The lowest BCUT2D eigenvalue weighted by molar-refractivity contribution is -0.670. The summed E-state index contributed by atoms with van der Waals surface area (Å²) in [5, 5.41) is 8.46. The van der Waals surface area contributed by atoms with Crippen LogP contribution in [0.25, 0.3) is 0 Å². The van der Waals surface area contributed by atoms with Crippen molar-refractivity contribution in [2.45, 2.75) is 6.92 Å². The minimum absolute atomic E-state index is 0.846. The van der Waals surface area contributed by atoms with Gasteiger partial charge in [-0.3, -0.25) is 0 Å². The van der Waals surface area contributed by atoms with Crippen LogP contribution in [0.4, 0.5) is 17.1 Å². The first kappa shape index (κ1) is 13.9. The van der Waals surface area contributed by atoms with Gasteiger partial charge in [-0.15, -0.1) is 5.11 Å². The van der Waals surface area contributed by atoms with Gasteiger partial charge in [0, 0.05) is 18.3 Å². The van der Waals surface area contributed by atoms with E-state index in [4.69, 9.17) is 0 Å². The highest BCUT2D eigenvalue weighted by Gasteiger charge is 1.99. The van der Waals surface area contributed by atoms with Crippen molar-refractivity contribution in [1.29, 1.82) is 0 Å². The smallest absolute Gasteiger partial charge is 0.196 e. The van der Waals surface area contributed by atoms with E-state index in [2.05, 4.69) is 55.3 Å². The fourth-order valence-electron chi connectivity index (χ4n) is 1.61. The molecule has 0 bridgehead atoms. The Morgan fingerprint density at radius 1 is 1.11 bits per heavy atom. The van der Waals surface area contributed by atoms with Crippen molar-refractivity contribution in [2.24, 2.45) is 17.3 Å². The lowest BCUT2D eigenvalue weighted by Gasteiger charge is -2.13. The third kappa shape index (κ3) is 3.99. The Balaban J connectivity index is 2.11. The zero-order valence-corrected chi connectivity index (χ0v) is 13.2. The van der Waals surface area contributed by atoms with E-state index in [-0.39, 0.29) is 0 Å². The molecule has 19 heavy (non-hydrogen) atoms. The molecule has 98 valence electrons. The maximum atomic E-state index is 4.23. The van der Waals surface area contributed by atoms with Crippen molar-refractivity contribution in [1.82, 2.24) is 0 Å². The monoisotopic (exact) mass is 367 g/mol. The Labute approximate surface area is 127 Å². The quantitative estimate of drug-likeness (QED) is 0.347. The first-order chi connectivity index (χ1) is 9.19. The first-order valence-corrected chi connectivity index (χ1v) is 7.06. The molecule has 0 spiro atoms. The van der Waals surface area contributed by atoms with Gasteiger partial charge in [0.05, 0.1) is 28.6 Å². The fourth-order valence-corrected chi connectivity index (χ4v) is 1.93. The lowest BCUT2D eigenvalue weighted by Crippen LogP contribution is -2.25. The molecule has 0 saturated carbocycles. The van der Waals surface area contributed by atoms with Crippen LogP contribution in [-0.2, 0) is 7.05 Å². The van der Waals surface area contributed by atoms with Gasteiger partial charge < -0.3 is 3.11 Å². The number of pyridine rings is 1. The van der Waals surface area contributed by atoms with E-state index in [1.165, 1.54) is 5.69 Å². The topological polar surface area (TPSA) is 31.8 Å². The summed E-state index contributed by atoms with van der Waals surface area (Å²) in [6.07, 6.45) is 3.90. The molecule has 0 N–H and O–H groups in total. The molecule has 4 nitrogen and oxygen atoms in total. The predicted molar refractivity (Wildman–Crippen MR) is 85.3 cm³/mol. The number of aryl methyl sites for hydroxylation is 1. The number of rotatable bonds is 4. The van der Waals surface area contributed by atoms with Gasteiger partial charge in [-0.25, -0.2) is 4.57 Å². The van der Waals surface area contributed by atoms with E-state index in [0.717, 1.165) is 17.9 Å². The van der Waals surface area contributed by atoms with Crippen molar-refractivity contribution in [3.63, 3.8) is 0 Å². The van der Waals surface area contributed by atoms with Gasteiger partial charge >= 0.3 is 0 Å². The molecule has 2 aromatic rings. The van der Waals surface area contributed by atoms with Crippen LogP contribution in [0.5, 0.6) is 0 Å². The van der Waals surface area contributed by atoms with Crippen LogP contribution < -0.4 is 7.68 Å². The predicted octanol–water partition coefficient (Wildman–Crippen LogP) is 4.10. The van der Waals surface area contributed by atoms with Gasteiger partial charge in [-0.1, -0.05) is 0 Å². The molecule has 0 aliphatic heterocycles. The van der Waals surface area contributed by atoms with Crippen molar-refractivity contribution in [2.75, 3.05) is 9.66 Å². The molecular formula is C14H16IN4+. The maximum absolute atomic E-state index is 4.23. The van der Waals surface area contributed by atoms with Crippen LogP contribution in [0.3, 0.4) is 0 Å². The highest BCUT2D eigenvalue weighted by atomic mass is 127. The van der Waals surface area contributed by atoms with Gasteiger partial charge in [-0.05, 0) is 37.3 Å². The zero-order valence-electron chi connectivity index (χ0n) is 11.0. The molecule has 0 radical (unpaired) electrons. The molecule has 1 heterocycles. The first-order valence-electron chi connectivity index (χ1n) is 6.09. The summed E-state index contributed by atoms with van der Waals surface area (Å²) in [7, 11) is 1.97. The van der Waals surface area contributed by atoms with Crippen molar-refractivity contribution < 1.29 is 4.57 Å². The average Bonchev–Trinajstić information content (AvgIpc) is 2.45. The fraction of sp³-hybridized carbons (Fsp3) is 0.214. The molecule has 0 saturated heterocycles. The van der Waals surface area contributed by atoms with Crippen molar-refractivity contribution >= 4 is 39.9 Å². The summed E-state index contributed by atoms with van der Waals surface area (Å²) in [6, 6.07) is 11.9. The Hall–Kier alpha value is -1.50. The summed E-state index contributed by atoms with van der Waals surface area (Å²) >= 11 is 2.29. The van der Waals surface area contributed by atoms with Gasteiger partial charge in [-0.2, -0.15) is 5.11 Å². The number of nitrogens with zero attached hydrogens (tertiary/aromatic N) is 4. The molecule has 0 aliphatic carbocycles. The average molecular weight is 367 g/mol. The standard InChI is InChI=1S/C14H16IN4/c1-3-19(15)14-8-6-12(7-9-14)16-17-13-5-4-10-18(2)11-13/h4-11H,3H2,1-2H3/q+1. The second kappa shape index (κ2) is 6.60. The molecule has 0 atom stereocenters. The van der Waals surface area contributed by atoms with Crippen LogP contribution in [0.1, 0.15) is 6.92 Å². The highest BCUT2D eigenvalue weighted by Crippen LogP contribution is 2.23. The van der Waals surface area contributed by atoms with Gasteiger partial charge in [0.1, 0.15) is 12.7 Å². The minimum Gasteiger partial charge on any atom is -0.315 e. The largest absolute Gasteiger partial charge is 0.315 e. The SMILES string of the molecule is CCN(I)c1ccc(N=Nc2ccc[n+](C)c2)cc1. The molecular weight excluding hydrogens is 351 g/mol. The van der Waals surface area contributed by atoms with E-state index >= 15 is 0 Å². The van der Waals surface area contributed by atoms with Crippen molar-refractivity contribution in [3.05, 3.63) is 48.8 Å². The van der Waals surface area contributed by atoms with E-state index in [9.17, 15) is 0 Å². The Morgan fingerprint density at radius 2 is 1.79 bits per heavy atom. The summed E-state index contributed by atoms with van der Waals surface area (Å²) in [5.74, 6) is 0. The molecule has 0 amide bonds. The van der Waals surface area contributed by atoms with Crippen LogP contribution in [-0.4, -0.2) is 6.54 Å². The summed E-state index contributed by atoms with van der Waals surface area (Å²) in [6.45, 7) is 3.09. The number of halogens is 1. The Kier molecular flexibility index (Phi) is 4.84. The zero-order chi connectivity index (χ0) is 13.7. The van der Waals surface area contributed by atoms with E-state index < -0.39 is 0 Å². The van der Waals surface area contributed by atoms with Gasteiger partial charge in [0.25, 0.3) is 0 Å².